The number of sulfone groups is 1. The SMILES string of the molecule is CN(C(=O)Cc1ccc(S(C)(=O)=O)cc1)[C@H](CN1CC[C@@H](O)C1)c1cccc(OCS(=O)(=O)O)c1. The van der Waals surface area contributed by atoms with E-state index in [1.807, 2.05) is 4.90 Å². The molecule has 0 aliphatic carbocycles. The normalized spacial score (nSPS) is 17.8. The highest BCUT2D eigenvalue weighted by molar-refractivity contribution is 7.90. The Morgan fingerprint density at radius 1 is 1.17 bits per heavy atom. The van der Waals surface area contributed by atoms with Gasteiger partial charge in [-0.1, -0.05) is 24.3 Å². The van der Waals surface area contributed by atoms with Crippen molar-refractivity contribution in [1.82, 2.24) is 9.80 Å². The van der Waals surface area contributed by atoms with E-state index in [-0.39, 0.29) is 23.0 Å². The van der Waals surface area contributed by atoms with E-state index in [1.54, 1.807) is 48.3 Å². The number of ether oxygens (including phenoxy) is 1. The second kappa shape index (κ2) is 11.0. The zero-order chi connectivity index (χ0) is 25.8. The summed E-state index contributed by atoms with van der Waals surface area (Å²) >= 11 is 0. The van der Waals surface area contributed by atoms with Gasteiger partial charge < -0.3 is 14.7 Å². The third-order valence-corrected chi connectivity index (χ3v) is 7.41. The maximum Gasteiger partial charge on any atom is 0.300 e. The molecule has 1 heterocycles. The summed E-state index contributed by atoms with van der Waals surface area (Å²) in [4.78, 5) is 17.0. The van der Waals surface area contributed by atoms with Crippen molar-refractivity contribution < 1.29 is 36.0 Å². The number of likely N-dealkylation sites (N-methyl/N-ethyl adjacent to an activating group) is 1. The zero-order valence-corrected chi connectivity index (χ0v) is 21.2. The van der Waals surface area contributed by atoms with Gasteiger partial charge in [0.05, 0.1) is 23.5 Å². The highest BCUT2D eigenvalue weighted by Crippen LogP contribution is 2.27. The third kappa shape index (κ3) is 8.00. The summed E-state index contributed by atoms with van der Waals surface area (Å²) in [6.07, 6.45) is 1.37. The first-order chi connectivity index (χ1) is 16.3. The van der Waals surface area contributed by atoms with Crippen molar-refractivity contribution in [1.29, 1.82) is 0 Å². The summed E-state index contributed by atoms with van der Waals surface area (Å²) < 4.78 is 59.6. The fourth-order valence-corrected chi connectivity index (χ4v) is 4.87. The molecule has 0 bridgehead atoms. The second-order valence-corrected chi connectivity index (χ2v) is 12.1. The number of carbonyl (C=O) groups is 1. The van der Waals surface area contributed by atoms with Crippen LogP contribution in [-0.4, -0.2) is 87.2 Å². The number of β-amino-alcohol motifs (C(OH)–C–C–N with tert-alkyl or cyclic N) is 1. The van der Waals surface area contributed by atoms with Crippen LogP contribution in [0.25, 0.3) is 0 Å². The number of amides is 1. The number of hydrogen-bond acceptors (Lipinski definition) is 8. The van der Waals surface area contributed by atoms with Crippen LogP contribution in [0.5, 0.6) is 5.75 Å². The predicted octanol–water partition coefficient (Wildman–Crippen LogP) is 1.12. The molecule has 10 nitrogen and oxygen atoms in total. The van der Waals surface area contributed by atoms with Gasteiger partial charge in [0.1, 0.15) is 5.75 Å². The Balaban J connectivity index is 1.81. The summed E-state index contributed by atoms with van der Waals surface area (Å²) in [7, 11) is -5.99. The summed E-state index contributed by atoms with van der Waals surface area (Å²) in [6, 6.07) is 12.4. The molecule has 1 fully saturated rings. The average Bonchev–Trinajstić information content (AvgIpc) is 3.20. The number of aliphatic hydroxyl groups excluding tert-OH is 1. The molecule has 0 spiro atoms. The number of rotatable bonds is 10. The molecule has 3 rings (SSSR count). The maximum atomic E-state index is 13.2. The largest absolute Gasteiger partial charge is 0.475 e. The quantitative estimate of drug-likeness (QED) is 0.436. The monoisotopic (exact) mass is 526 g/mol. The van der Waals surface area contributed by atoms with E-state index in [1.165, 1.54) is 12.1 Å². The fourth-order valence-electron chi connectivity index (χ4n) is 3.96. The molecule has 0 unspecified atom stereocenters. The van der Waals surface area contributed by atoms with Gasteiger partial charge in [-0.05, 0) is 41.8 Å². The molecule has 0 radical (unpaired) electrons. The summed E-state index contributed by atoms with van der Waals surface area (Å²) in [5.41, 5.74) is 1.36. The fraction of sp³-hybridized carbons (Fsp3) is 0.435. The zero-order valence-electron chi connectivity index (χ0n) is 19.6. The molecular weight excluding hydrogens is 496 g/mol. The van der Waals surface area contributed by atoms with E-state index in [0.29, 0.717) is 37.2 Å². The van der Waals surface area contributed by atoms with Crippen LogP contribution in [0.1, 0.15) is 23.6 Å². The maximum absolute atomic E-state index is 13.2. The number of nitrogens with zero attached hydrogens (tertiary/aromatic N) is 2. The first-order valence-corrected chi connectivity index (χ1v) is 14.4. The lowest BCUT2D eigenvalue weighted by molar-refractivity contribution is -0.131. The van der Waals surface area contributed by atoms with Gasteiger partial charge in [0.15, 0.2) is 9.84 Å². The van der Waals surface area contributed by atoms with E-state index < -0.39 is 38.0 Å². The molecule has 2 N–H and O–H groups in total. The van der Waals surface area contributed by atoms with Gasteiger partial charge in [-0.2, -0.15) is 8.42 Å². The van der Waals surface area contributed by atoms with Crippen molar-refractivity contribution in [2.75, 3.05) is 38.9 Å². The predicted molar refractivity (Wildman–Crippen MR) is 129 cm³/mol. The third-order valence-electron chi connectivity index (χ3n) is 5.86. The minimum absolute atomic E-state index is 0.0542. The Labute approximate surface area is 205 Å². The smallest absolute Gasteiger partial charge is 0.300 e. The van der Waals surface area contributed by atoms with Gasteiger partial charge in [0, 0.05) is 32.9 Å². The first kappa shape index (κ1) is 27.1. The lowest BCUT2D eigenvalue weighted by Crippen LogP contribution is -2.39. The van der Waals surface area contributed by atoms with E-state index in [2.05, 4.69) is 0 Å². The molecular formula is C23H30N2O8S2. The van der Waals surface area contributed by atoms with E-state index >= 15 is 0 Å². The molecule has 2 aromatic carbocycles. The molecule has 35 heavy (non-hydrogen) atoms. The lowest BCUT2D eigenvalue weighted by atomic mass is 10.0. The van der Waals surface area contributed by atoms with Crippen molar-refractivity contribution in [2.24, 2.45) is 0 Å². The molecule has 1 aliphatic heterocycles. The summed E-state index contributed by atoms with van der Waals surface area (Å²) in [6.45, 7) is 1.59. The Morgan fingerprint density at radius 3 is 2.43 bits per heavy atom. The van der Waals surface area contributed by atoms with Gasteiger partial charge in [0.25, 0.3) is 0 Å². The molecule has 1 amide bonds. The number of hydrogen-bond donors (Lipinski definition) is 2. The molecule has 0 saturated carbocycles. The topological polar surface area (TPSA) is 142 Å². The van der Waals surface area contributed by atoms with Gasteiger partial charge >= 0.3 is 10.1 Å². The molecule has 12 heteroatoms. The molecule has 2 aromatic rings. The van der Waals surface area contributed by atoms with E-state index in [4.69, 9.17) is 9.29 Å². The van der Waals surface area contributed by atoms with Crippen LogP contribution in [0, 0.1) is 0 Å². The van der Waals surface area contributed by atoms with Crippen LogP contribution in [0.2, 0.25) is 0 Å². The first-order valence-electron chi connectivity index (χ1n) is 10.9. The number of aliphatic hydroxyl groups is 1. The van der Waals surface area contributed by atoms with Crippen molar-refractivity contribution in [2.45, 2.75) is 29.9 Å². The van der Waals surface area contributed by atoms with Crippen LogP contribution in [0.4, 0.5) is 0 Å². The molecule has 2 atom stereocenters. The summed E-state index contributed by atoms with van der Waals surface area (Å²) in [5, 5.41) is 9.93. The molecule has 192 valence electrons. The van der Waals surface area contributed by atoms with Crippen molar-refractivity contribution in [3.63, 3.8) is 0 Å². The Kier molecular flexibility index (Phi) is 8.54. The highest BCUT2D eigenvalue weighted by Gasteiger charge is 2.28. The Hall–Kier alpha value is -2.51. The van der Waals surface area contributed by atoms with Crippen LogP contribution in [-0.2, 0) is 31.2 Å². The summed E-state index contributed by atoms with van der Waals surface area (Å²) in [5.74, 6) is -0.868. The number of likely N-dealkylation sites (tertiary alicyclic amines) is 1. The molecule has 1 aliphatic rings. The minimum atomic E-state index is -4.32. The lowest BCUT2D eigenvalue weighted by Gasteiger charge is -2.32. The van der Waals surface area contributed by atoms with Gasteiger partial charge in [-0.15, -0.1) is 0 Å². The van der Waals surface area contributed by atoms with Crippen LogP contribution in [0.15, 0.2) is 53.4 Å². The highest BCUT2D eigenvalue weighted by atomic mass is 32.2. The van der Waals surface area contributed by atoms with E-state index in [0.717, 1.165) is 6.26 Å². The van der Waals surface area contributed by atoms with Crippen molar-refractivity contribution in [3.8, 4) is 5.75 Å². The van der Waals surface area contributed by atoms with Gasteiger partial charge in [0.2, 0.25) is 11.8 Å². The van der Waals surface area contributed by atoms with Crippen LogP contribution >= 0.6 is 0 Å². The van der Waals surface area contributed by atoms with Crippen LogP contribution < -0.4 is 4.74 Å². The Bertz CT molecular complexity index is 1250. The molecule has 1 saturated heterocycles. The number of benzene rings is 2. The standard InChI is InChI=1S/C23H30N2O8S2/c1-24(23(27)12-17-6-8-21(9-7-17)34(2,28)29)22(15-25-11-10-19(26)14-25)18-4-3-5-20(13-18)33-16-35(30,31)32/h3-9,13,19,22,26H,10-12,14-16H2,1-2H3,(H,30,31,32)/t19-,22-/m1/s1. The van der Waals surface area contributed by atoms with Crippen LogP contribution in [0.3, 0.4) is 0 Å². The van der Waals surface area contributed by atoms with Gasteiger partial charge in [-0.25, -0.2) is 8.42 Å². The van der Waals surface area contributed by atoms with Gasteiger partial charge in [-0.3, -0.25) is 14.2 Å². The second-order valence-electron chi connectivity index (χ2n) is 8.73. The van der Waals surface area contributed by atoms with Crippen molar-refractivity contribution in [3.05, 3.63) is 59.7 Å². The average molecular weight is 527 g/mol. The van der Waals surface area contributed by atoms with E-state index in [9.17, 15) is 26.7 Å². The number of carbonyl (C=O) groups excluding carboxylic acids is 1. The minimum Gasteiger partial charge on any atom is -0.475 e. The Morgan fingerprint density at radius 2 is 1.86 bits per heavy atom. The molecule has 0 aromatic heterocycles. The van der Waals surface area contributed by atoms with Crippen molar-refractivity contribution >= 4 is 25.9 Å².